The Labute approximate surface area is 193 Å². The second-order valence-electron chi connectivity index (χ2n) is 6.83. The summed E-state index contributed by atoms with van der Waals surface area (Å²) in [5.74, 6) is 0.792. The highest BCUT2D eigenvalue weighted by Crippen LogP contribution is 2.29. The smallest absolute Gasteiger partial charge is 0.255 e. The minimum absolute atomic E-state index is 0.0429. The molecule has 1 amide bonds. The lowest BCUT2D eigenvalue weighted by Crippen LogP contribution is -2.35. The fourth-order valence-electron chi connectivity index (χ4n) is 2.67. The molecule has 3 aromatic heterocycles. The van der Waals surface area contributed by atoms with Crippen LogP contribution in [0.15, 0.2) is 45.2 Å². The molecule has 0 fully saturated rings. The van der Waals surface area contributed by atoms with Gasteiger partial charge in [0.05, 0.1) is 11.2 Å². The third-order valence-corrected chi connectivity index (χ3v) is 5.88. The van der Waals surface area contributed by atoms with Crippen molar-refractivity contribution in [2.45, 2.75) is 25.6 Å². The maximum atomic E-state index is 12.4. The number of nitrogens with one attached hydrogen (secondary N) is 3. The highest BCUT2D eigenvalue weighted by molar-refractivity contribution is 7.99. The predicted octanol–water partition coefficient (Wildman–Crippen LogP) is 1.82. The van der Waals surface area contributed by atoms with Crippen molar-refractivity contribution < 1.29 is 4.79 Å². The molecule has 0 saturated carbocycles. The van der Waals surface area contributed by atoms with Gasteiger partial charge in [-0.3, -0.25) is 24.9 Å². The lowest BCUT2D eigenvalue weighted by Gasteiger charge is -2.12. The number of thiazole rings is 1. The van der Waals surface area contributed by atoms with Gasteiger partial charge in [-0.25, -0.2) is 15.0 Å². The van der Waals surface area contributed by atoms with Crippen LogP contribution in [-0.4, -0.2) is 44.1 Å². The average molecular weight is 473 g/mol. The summed E-state index contributed by atoms with van der Waals surface area (Å²) in [5, 5.41) is 7.10. The first-order chi connectivity index (χ1) is 15.4. The summed E-state index contributed by atoms with van der Waals surface area (Å²) in [4.78, 5) is 43.5. The van der Waals surface area contributed by atoms with Crippen molar-refractivity contribution in [3.05, 3.63) is 68.3 Å². The highest BCUT2D eigenvalue weighted by atomic mass is 32.2. The van der Waals surface area contributed by atoms with Crippen LogP contribution in [0.25, 0.3) is 0 Å². The van der Waals surface area contributed by atoms with E-state index < -0.39 is 0 Å². The molecule has 0 aliphatic heterocycles. The normalized spacial score (nSPS) is 12.4. The fraction of sp³-hybridized carbons (Fsp3) is 0.300. The number of amides is 1. The van der Waals surface area contributed by atoms with Gasteiger partial charge in [-0.2, -0.15) is 0 Å². The quantitative estimate of drug-likeness (QED) is 0.209. The minimum Gasteiger partial charge on any atom is -0.370 e. The van der Waals surface area contributed by atoms with E-state index in [9.17, 15) is 9.59 Å². The number of rotatable bonds is 9. The molecular weight excluding hydrogens is 448 g/mol. The third-order valence-electron chi connectivity index (χ3n) is 4.18. The molecule has 3 aromatic rings. The number of nitrogens with zero attached hydrogens (tertiary/aromatic N) is 4. The van der Waals surface area contributed by atoms with E-state index >= 15 is 0 Å². The molecule has 5 N–H and O–H groups in total. The minimum atomic E-state index is -0.354. The Hall–Kier alpha value is -3.25. The maximum Gasteiger partial charge on any atom is 0.255 e. The van der Waals surface area contributed by atoms with Crippen molar-refractivity contribution >= 4 is 40.9 Å². The highest BCUT2D eigenvalue weighted by Gasteiger charge is 2.14. The number of anilines is 1. The molecule has 32 heavy (non-hydrogen) atoms. The van der Waals surface area contributed by atoms with E-state index in [1.807, 2.05) is 24.4 Å². The van der Waals surface area contributed by atoms with Gasteiger partial charge in [0.15, 0.2) is 5.96 Å². The number of carbonyl (C=O) groups excluding carboxylic acids is 1. The molecule has 0 radical (unpaired) electrons. The standard InChI is InChI=1S/C20H24N8O2S2/c1-12-3-4-14(8-23-12)7-15-9-24-20(27-17(15)30)22-5-6-32-18(16-10-31-11-25-16)28-19(21)26-13(2)29/h3-4,8-11,18H,5-7H2,1-2H3,(H3,21,26,28,29)(H2,22,24,27,30). The largest absolute Gasteiger partial charge is 0.370 e. The fourth-order valence-corrected chi connectivity index (χ4v) is 4.26. The lowest BCUT2D eigenvalue weighted by molar-refractivity contribution is -0.117. The van der Waals surface area contributed by atoms with Crippen LogP contribution in [0.5, 0.6) is 0 Å². The summed E-state index contributed by atoms with van der Waals surface area (Å²) >= 11 is 2.96. The number of aromatic nitrogens is 4. The van der Waals surface area contributed by atoms with Crippen LogP contribution < -0.4 is 21.9 Å². The molecule has 0 aliphatic carbocycles. The lowest BCUT2D eigenvalue weighted by atomic mass is 10.1. The number of hydrogen-bond acceptors (Lipinski definition) is 9. The first kappa shape index (κ1) is 23.4. The van der Waals surface area contributed by atoms with Gasteiger partial charge in [-0.15, -0.1) is 23.1 Å². The van der Waals surface area contributed by atoms with Crippen molar-refractivity contribution in [3.8, 4) is 0 Å². The Kier molecular flexibility index (Phi) is 8.34. The van der Waals surface area contributed by atoms with Gasteiger partial charge >= 0.3 is 0 Å². The molecular formula is C20H24N8O2S2. The summed E-state index contributed by atoms with van der Waals surface area (Å²) in [5.41, 5.74) is 10.5. The molecule has 12 heteroatoms. The molecule has 0 saturated heterocycles. The van der Waals surface area contributed by atoms with Crippen molar-refractivity contribution in [1.29, 1.82) is 0 Å². The molecule has 1 unspecified atom stereocenters. The summed E-state index contributed by atoms with van der Waals surface area (Å²) in [7, 11) is 0. The first-order valence-electron chi connectivity index (χ1n) is 9.75. The topological polar surface area (TPSA) is 151 Å². The van der Waals surface area contributed by atoms with Gasteiger partial charge in [0.2, 0.25) is 11.9 Å². The molecule has 3 heterocycles. The molecule has 1 atom stereocenters. The summed E-state index contributed by atoms with van der Waals surface area (Å²) in [6, 6.07) is 3.86. The van der Waals surface area contributed by atoms with Gasteiger partial charge in [0, 0.05) is 54.7 Å². The number of guanidine groups is 1. The van der Waals surface area contributed by atoms with E-state index in [2.05, 4.69) is 35.6 Å². The molecule has 0 aromatic carbocycles. The van der Waals surface area contributed by atoms with Gasteiger partial charge in [0.1, 0.15) is 5.37 Å². The van der Waals surface area contributed by atoms with E-state index in [0.29, 0.717) is 30.2 Å². The van der Waals surface area contributed by atoms with Crippen molar-refractivity contribution in [2.75, 3.05) is 17.6 Å². The Morgan fingerprint density at radius 2 is 2.16 bits per heavy atom. The van der Waals surface area contributed by atoms with Crippen LogP contribution >= 0.6 is 23.1 Å². The SMILES string of the molecule is CC(=O)N/C(N)=N\C(SCCNc1ncc(Cc2ccc(C)nc2)c(=O)[nH]1)c1cscn1. The van der Waals surface area contributed by atoms with Crippen molar-refractivity contribution in [1.82, 2.24) is 25.3 Å². The Morgan fingerprint density at radius 1 is 1.31 bits per heavy atom. The molecule has 0 spiro atoms. The first-order valence-corrected chi connectivity index (χ1v) is 11.7. The number of aromatic amines is 1. The monoisotopic (exact) mass is 472 g/mol. The summed E-state index contributed by atoms with van der Waals surface area (Å²) in [6.07, 6.45) is 3.80. The maximum absolute atomic E-state index is 12.4. The Bertz CT molecular complexity index is 1110. The number of hydrogen-bond donors (Lipinski definition) is 4. The number of aliphatic imine (C=N–C) groups is 1. The van der Waals surface area contributed by atoms with Crippen LogP contribution in [0.2, 0.25) is 0 Å². The van der Waals surface area contributed by atoms with E-state index in [0.717, 1.165) is 17.0 Å². The number of carbonyl (C=O) groups is 1. The number of nitrogens with two attached hydrogens (primary N) is 1. The third kappa shape index (κ3) is 7.17. The van der Waals surface area contributed by atoms with Crippen LogP contribution in [-0.2, 0) is 11.2 Å². The number of pyridine rings is 1. The molecule has 3 rings (SSSR count). The molecule has 0 aliphatic rings. The van der Waals surface area contributed by atoms with Crippen LogP contribution in [0, 0.1) is 6.92 Å². The average Bonchev–Trinajstić information content (AvgIpc) is 3.28. The van der Waals surface area contributed by atoms with Crippen molar-refractivity contribution in [2.24, 2.45) is 10.7 Å². The van der Waals surface area contributed by atoms with E-state index in [1.165, 1.54) is 30.0 Å². The second kappa shape index (κ2) is 11.4. The second-order valence-corrected chi connectivity index (χ2v) is 8.74. The van der Waals surface area contributed by atoms with Crippen LogP contribution in [0.3, 0.4) is 0 Å². The summed E-state index contributed by atoms with van der Waals surface area (Å²) in [6.45, 7) is 3.82. The zero-order valence-corrected chi connectivity index (χ0v) is 19.3. The van der Waals surface area contributed by atoms with Crippen molar-refractivity contribution in [3.63, 3.8) is 0 Å². The molecule has 10 nitrogen and oxygen atoms in total. The number of aryl methyl sites for hydroxylation is 1. The Morgan fingerprint density at radius 3 is 2.81 bits per heavy atom. The number of H-pyrrole nitrogens is 1. The summed E-state index contributed by atoms with van der Waals surface area (Å²) < 4.78 is 0. The number of thioether (sulfide) groups is 1. The van der Waals surface area contributed by atoms with E-state index in [4.69, 9.17) is 5.73 Å². The van der Waals surface area contributed by atoms with E-state index in [1.54, 1.807) is 17.9 Å². The molecule has 0 bridgehead atoms. The van der Waals surface area contributed by atoms with Gasteiger partial charge in [0.25, 0.3) is 5.56 Å². The van der Waals surface area contributed by atoms with Gasteiger partial charge in [-0.1, -0.05) is 6.07 Å². The zero-order valence-electron chi connectivity index (χ0n) is 17.7. The predicted molar refractivity (Wildman–Crippen MR) is 128 cm³/mol. The van der Waals surface area contributed by atoms with E-state index in [-0.39, 0.29) is 22.8 Å². The zero-order chi connectivity index (χ0) is 22.9. The van der Waals surface area contributed by atoms with Crippen LogP contribution in [0.4, 0.5) is 5.95 Å². The van der Waals surface area contributed by atoms with Gasteiger partial charge < -0.3 is 11.1 Å². The molecule has 168 valence electrons. The van der Waals surface area contributed by atoms with Crippen LogP contribution in [0.1, 0.15) is 34.8 Å². The van der Waals surface area contributed by atoms with Gasteiger partial charge in [-0.05, 0) is 18.6 Å². The Balaban J connectivity index is 1.54.